The van der Waals surface area contributed by atoms with Gasteiger partial charge in [0.25, 0.3) is 5.91 Å². The number of aryl methyl sites for hydroxylation is 1. The van der Waals surface area contributed by atoms with Gasteiger partial charge >= 0.3 is 0 Å². The van der Waals surface area contributed by atoms with Gasteiger partial charge in [-0.05, 0) is 37.0 Å². The fourth-order valence-electron chi connectivity index (χ4n) is 2.40. The molecule has 0 bridgehead atoms. The zero-order valence-corrected chi connectivity index (χ0v) is 11.3. The van der Waals surface area contributed by atoms with Crippen molar-refractivity contribution in [2.45, 2.75) is 32.2 Å². The van der Waals surface area contributed by atoms with Crippen LogP contribution < -0.4 is 4.74 Å². The van der Waals surface area contributed by atoms with Gasteiger partial charge in [0.2, 0.25) is 0 Å². The molecule has 1 fully saturated rings. The third-order valence-corrected chi connectivity index (χ3v) is 3.60. The number of aliphatic hydroxyl groups excluding tert-OH is 1. The van der Waals surface area contributed by atoms with Crippen LogP contribution in [0.15, 0.2) is 24.3 Å². The number of ether oxygens (including phenoxy) is 1. The fraction of sp³-hybridized carbons (Fsp3) is 0.533. The molecule has 1 aliphatic heterocycles. The molecule has 1 aliphatic rings. The van der Waals surface area contributed by atoms with Crippen LogP contribution in [0.3, 0.4) is 0 Å². The summed E-state index contributed by atoms with van der Waals surface area (Å²) >= 11 is 0. The summed E-state index contributed by atoms with van der Waals surface area (Å²) < 4.78 is 5.50. The first kappa shape index (κ1) is 13.9. The second-order valence-corrected chi connectivity index (χ2v) is 4.85. The van der Waals surface area contributed by atoms with Crippen LogP contribution in [0.2, 0.25) is 0 Å². The number of amides is 1. The first-order chi connectivity index (χ1) is 9.24. The highest BCUT2D eigenvalue weighted by atomic mass is 16.5. The smallest absolute Gasteiger partial charge is 0.260 e. The largest absolute Gasteiger partial charge is 0.484 e. The van der Waals surface area contributed by atoms with E-state index in [0.29, 0.717) is 5.75 Å². The Morgan fingerprint density at radius 2 is 2.16 bits per heavy atom. The van der Waals surface area contributed by atoms with E-state index in [4.69, 9.17) is 4.74 Å². The number of likely N-dealkylation sites (tertiary alicyclic amines) is 1. The predicted molar refractivity (Wildman–Crippen MR) is 73.1 cm³/mol. The first-order valence-electron chi connectivity index (χ1n) is 6.86. The van der Waals surface area contributed by atoms with Gasteiger partial charge in [-0.15, -0.1) is 0 Å². The van der Waals surface area contributed by atoms with Gasteiger partial charge in [-0.3, -0.25) is 4.79 Å². The highest BCUT2D eigenvalue weighted by Gasteiger charge is 2.27. The number of carbonyl (C=O) groups is 1. The van der Waals surface area contributed by atoms with E-state index in [1.165, 1.54) is 5.56 Å². The zero-order chi connectivity index (χ0) is 13.7. The van der Waals surface area contributed by atoms with Crippen LogP contribution in [0.5, 0.6) is 5.75 Å². The number of hydrogen-bond acceptors (Lipinski definition) is 3. The van der Waals surface area contributed by atoms with Crippen molar-refractivity contribution in [2.24, 2.45) is 0 Å². The lowest BCUT2D eigenvalue weighted by atomic mass is 10.2. The summed E-state index contributed by atoms with van der Waals surface area (Å²) in [6.07, 6.45) is 2.83. The maximum absolute atomic E-state index is 12.0. The molecule has 1 amide bonds. The van der Waals surface area contributed by atoms with Gasteiger partial charge < -0.3 is 14.7 Å². The Labute approximate surface area is 114 Å². The molecule has 1 aromatic carbocycles. The normalized spacial score (nSPS) is 18.6. The lowest BCUT2D eigenvalue weighted by molar-refractivity contribution is -0.134. The Hall–Kier alpha value is -1.55. The van der Waals surface area contributed by atoms with E-state index in [1.54, 1.807) is 4.90 Å². The van der Waals surface area contributed by atoms with Gasteiger partial charge in [-0.25, -0.2) is 0 Å². The molecule has 19 heavy (non-hydrogen) atoms. The van der Waals surface area contributed by atoms with Crippen LogP contribution >= 0.6 is 0 Å². The Kier molecular flexibility index (Phi) is 4.80. The fourth-order valence-corrected chi connectivity index (χ4v) is 2.40. The molecule has 0 spiro atoms. The van der Waals surface area contributed by atoms with Gasteiger partial charge in [-0.2, -0.15) is 0 Å². The van der Waals surface area contributed by atoms with Gasteiger partial charge in [0.1, 0.15) is 5.75 Å². The lowest BCUT2D eigenvalue weighted by Crippen LogP contribution is -2.40. The van der Waals surface area contributed by atoms with Crippen LogP contribution in [-0.2, 0) is 11.2 Å². The van der Waals surface area contributed by atoms with E-state index in [1.807, 2.05) is 24.3 Å². The molecule has 1 aromatic rings. The van der Waals surface area contributed by atoms with Gasteiger partial charge in [0, 0.05) is 6.54 Å². The maximum atomic E-state index is 12.0. The number of aliphatic hydroxyl groups is 1. The first-order valence-corrected chi connectivity index (χ1v) is 6.86. The van der Waals surface area contributed by atoms with E-state index in [0.717, 1.165) is 25.8 Å². The number of rotatable bonds is 5. The molecule has 1 saturated heterocycles. The van der Waals surface area contributed by atoms with Crippen LogP contribution in [0, 0.1) is 0 Å². The van der Waals surface area contributed by atoms with Crippen LogP contribution in [0.25, 0.3) is 0 Å². The molecule has 4 nitrogen and oxygen atoms in total. The van der Waals surface area contributed by atoms with Crippen molar-refractivity contribution in [1.82, 2.24) is 4.90 Å². The summed E-state index contributed by atoms with van der Waals surface area (Å²) in [6.45, 7) is 2.91. The van der Waals surface area contributed by atoms with Crippen molar-refractivity contribution in [1.29, 1.82) is 0 Å². The van der Waals surface area contributed by atoms with Crippen LogP contribution in [0.4, 0.5) is 0 Å². The number of benzene rings is 1. The van der Waals surface area contributed by atoms with Gasteiger partial charge in [0.15, 0.2) is 6.61 Å². The second-order valence-electron chi connectivity index (χ2n) is 4.85. The topological polar surface area (TPSA) is 49.8 Å². The second kappa shape index (κ2) is 6.57. The van der Waals surface area contributed by atoms with E-state index in [2.05, 4.69) is 6.92 Å². The van der Waals surface area contributed by atoms with E-state index < -0.39 is 0 Å². The summed E-state index contributed by atoms with van der Waals surface area (Å²) in [5.41, 5.74) is 1.25. The third kappa shape index (κ3) is 3.47. The summed E-state index contributed by atoms with van der Waals surface area (Å²) in [4.78, 5) is 13.7. The molecule has 4 heteroatoms. The molecular weight excluding hydrogens is 242 g/mol. The van der Waals surface area contributed by atoms with Crippen molar-refractivity contribution in [2.75, 3.05) is 19.8 Å². The van der Waals surface area contributed by atoms with Crippen molar-refractivity contribution >= 4 is 5.91 Å². The Morgan fingerprint density at radius 3 is 2.79 bits per heavy atom. The summed E-state index contributed by atoms with van der Waals surface area (Å²) in [7, 11) is 0. The maximum Gasteiger partial charge on any atom is 0.260 e. The standard InChI is InChI=1S/C15H21NO3/c1-2-12-5-7-14(8-6-12)19-11-15(18)16-9-3-4-13(16)10-17/h5-8,13,17H,2-4,9-11H2,1H3/t13-/m0/s1. The van der Waals surface area contributed by atoms with E-state index >= 15 is 0 Å². The van der Waals surface area contributed by atoms with E-state index in [-0.39, 0.29) is 25.2 Å². The van der Waals surface area contributed by atoms with Crippen molar-refractivity contribution in [3.8, 4) is 5.75 Å². The zero-order valence-electron chi connectivity index (χ0n) is 11.3. The monoisotopic (exact) mass is 263 g/mol. The SMILES string of the molecule is CCc1ccc(OCC(=O)N2CCC[C@H]2CO)cc1. The predicted octanol–water partition coefficient (Wildman–Crippen LogP) is 1.61. The van der Waals surface area contributed by atoms with Gasteiger partial charge in [-0.1, -0.05) is 19.1 Å². The number of nitrogens with zero attached hydrogens (tertiary/aromatic N) is 1. The lowest BCUT2D eigenvalue weighted by Gasteiger charge is -2.22. The highest BCUT2D eigenvalue weighted by Crippen LogP contribution is 2.17. The third-order valence-electron chi connectivity index (χ3n) is 3.60. The van der Waals surface area contributed by atoms with Crippen molar-refractivity contribution in [3.63, 3.8) is 0 Å². The molecule has 0 saturated carbocycles. The molecular formula is C15H21NO3. The van der Waals surface area contributed by atoms with Crippen molar-refractivity contribution < 1.29 is 14.6 Å². The molecule has 1 heterocycles. The minimum atomic E-state index is -0.0453. The summed E-state index contributed by atoms with van der Waals surface area (Å²) in [5.74, 6) is 0.668. The number of hydrogen-bond donors (Lipinski definition) is 1. The summed E-state index contributed by atoms with van der Waals surface area (Å²) in [6, 6.07) is 7.76. The van der Waals surface area contributed by atoms with E-state index in [9.17, 15) is 9.90 Å². The molecule has 2 rings (SSSR count). The van der Waals surface area contributed by atoms with Crippen molar-refractivity contribution in [3.05, 3.63) is 29.8 Å². The minimum absolute atomic E-state index is 0.0291. The minimum Gasteiger partial charge on any atom is -0.484 e. The Balaban J connectivity index is 1.85. The van der Waals surface area contributed by atoms with Crippen LogP contribution in [-0.4, -0.2) is 41.7 Å². The highest BCUT2D eigenvalue weighted by molar-refractivity contribution is 5.78. The molecule has 1 N–H and O–H groups in total. The molecule has 104 valence electrons. The Morgan fingerprint density at radius 1 is 1.42 bits per heavy atom. The average molecular weight is 263 g/mol. The molecule has 0 aromatic heterocycles. The molecule has 1 atom stereocenters. The molecule has 0 unspecified atom stereocenters. The Bertz CT molecular complexity index is 416. The quantitative estimate of drug-likeness (QED) is 0.878. The van der Waals surface area contributed by atoms with Gasteiger partial charge in [0.05, 0.1) is 12.6 Å². The molecule has 0 aliphatic carbocycles. The summed E-state index contributed by atoms with van der Waals surface area (Å²) in [5, 5.41) is 9.19. The van der Waals surface area contributed by atoms with Crippen LogP contribution in [0.1, 0.15) is 25.3 Å². The molecule has 0 radical (unpaired) electrons. The number of carbonyl (C=O) groups excluding carboxylic acids is 1. The average Bonchev–Trinajstić information content (AvgIpc) is 2.93.